The highest BCUT2D eigenvalue weighted by atomic mass is 16.5. The highest BCUT2D eigenvalue weighted by molar-refractivity contribution is 5.64. The Bertz CT molecular complexity index is 256. The lowest BCUT2D eigenvalue weighted by Crippen LogP contribution is -2.53. The Balaban J connectivity index is 0.000000384. The summed E-state index contributed by atoms with van der Waals surface area (Å²) in [5, 5.41) is 9.81. The van der Waals surface area contributed by atoms with Gasteiger partial charge in [-0.05, 0) is 0 Å². The van der Waals surface area contributed by atoms with E-state index < -0.39 is 5.97 Å². The highest BCUT2D eigenvalue weighted by Crippen LogP contribution is 2.06. The molecule has 0 spiro atoms. The highest BCUT2D eigenvalue weighted by Gasteiger charge is 2.24. The first-order valence-corrected chi connectivity index (χ1v) is 7.21. The van der Waals surface area contributed by atoms with Crippen LogP contribution in [0.5, 0.6) is 0 Å². The van der Waals surface area contributed by atoms with E-state index in [2.05, 4.69) is 11.8 Å². The van der Waals surface area contributed by atoms with Gasteiger partial charge in [0, 0.05) is 26.6 Å². The molecule has 126 valence electrons. The molecule has 7 nitrogen and oxygen atoms in total. The van der Waals surface area contributed by atoms with Crippen LogP contribution < -0.4 is 5.11 Å². The number of rotatable bonds is 9. The van der Waals surface area contributed by atoms with E-state index in [9.17, 15) is 9.90 Å². The third-order valence-electron chi connectivity index (χ3n) is 3.27. The number of carboxylic acids is 1. The molecule has 7 heteroatoms. The maximum atomic E-state index is 9.81. The first-order chi connectivity index (χ1) is 10.0. The van der Waals surface area contributed by atoms with Crippen molar-refractivity contribution in [2.75, 3.05) is 80.5 Å². The van der Waals surface area contributed by atoms with Crippen molar-refractivity contribution in [1.82, 2.24) is 0 Å². The predicted octanol–water partition coefficient (Wildman–Crippen LogP) is -1.10. The summed E-state index contributed by atoms with van der Waals surface area (Å²) in [7, 11) is 5.58. The maximum Gasteiger partial charge on any atom is 0.102 e. The van der Waals surface area contributed by atoms with E-state index in [1.807, 2.05) is 0 Å². The molecule has 1 heterocycles. The van der Waals surface area contributed by atoms with Gasteiger partial charge in [-0.1, -0.05) is 0 Å². The van der Waals surface area contributed by atoms with Gasteiger partial charge in [0.2, 0.25) is 0 Å². The van der Waals surface area contributed by atoms with Crippen molar-refractivity contribution in [2.45, 2.75) is 6.42 Å². The summed E-state index contributed by atoms with van der Waals surface area (Å²) < 4.78 is 20.9. The molecule has 0 aromatic rings. The van der Waals surface area contributed by atoms with Crippen LogP contribution in [-0.4, -0.2) is 91.0 Å². The Morgan fingerprint density at radius 1 is 1.10 bits per heavy atom. The van der Waals surface area contributed by atoms with E-state index in [4.69, 9.17) is 14.2 Å². The fourth-order valence-corrected chi connectivity index (χ4v) is 1.72. The number of hydrogen-bond acceptors (Lipinski definition) is 6. The molecule has 0 unspecified atom stereocenters. The zero-order valence-corrected chi connectivity index (χ0v) is 13.5. The molecule has 0 aromatic heterocycles. The second-order valence-corrected chi connectivity index (χ2v) is 5.12. The Morgan fingerprint density at radius 3 is 2.24 bits per heavy atom. The van der Waals surface area contributed by atoms with Gasteiger partial charge in [-0.3, -0.25) is 0 Å². The average molecular weight is 307 g/mol. The Labute approximate surface area is 127 Å². The Kier molecular flexibility index (Phi) is 12.5. The number of likely N-dealkylation sites (N-methyl/N-ethyl adjacent to an activating group) is 1. The van der Waals surface area contributed by atoms with E-state index in [0.717, 1.165) is 43.9 Å². The fraction of sp³-hybridized carbons (Fsp3) is 0.929. The monoisotopic (exact) mass is 307 g/mol. The van der Waals surface area contributed by atoms with Gasteiger partial charge in [0.05, 0.1) is 46.7 Å². The molecule has 1 rings (SSSR count). The summed E-state index contributed by atoms with van der Waals surface area (Å²) in [6.45, 7) is 7.16. The van der Waals surface area contributed by atoms with Crippen LogP contribution in [0.25, 0.3) is 0 Å². The first-order valence-electron chi connectivity index (χ1n) is 7.21. The molecule has 0 N–H and O–H groups in total. The SMILES string of the molecule is COCCOCCC(=O)[O-].COCC[N+]1(C)CCOCC1. The molecule has 1 aliphatic heterocycles. The zero-order valence-electron chi connectivity index (χ0n) is 13.5. The maximum absolute atomic E-state index is 9.81. The number of ether oxygens (including phenoxy) is 4. The molecule has 0 aliphatic carbocycles. The van der Waals surface area contributed by atoms with Crippen LogP contribution >= 0.6 is 0 Å². The molecule has 0 amide bonds. The van der Waals surface area contributed by atoms with E-state index in [-0.39, 0.29) is 13.0 Å². The number of morpholine rings is 1. The quantitative estimate of drug-likeness (QED) is 0.397. The van der Waals surface area contributed by atoms with Gasteiger partial charge in [0.15, 0.2) is 0 Å². The van der Waals surface area contributed by atoms with Gasteiger partial charge in [0.25, 0.3) is 0 Å². The van der Waals surface area contributed by atoms with E-state index in [0.29, 0.717) is 13.2 Å². The largest absolute Gasteiger partial charge is 0.550 e. The third-order valence-corrected chi connectivity index (χ3v) is 3.27. The van der Waals surface area contributed by atoms with Crippen LogP contribution in [-0.2, 0) is 23.7 Å². The van der Waals surface area contributed by atoms with Crippen molar-refractivity contribution in [3.63, 3.8) is 0 Å². The van der Waals surface area contributed by atoms with E-state index in [1.54, 1.807) is 14.2 Å². The number of hydrogen-bond donors (Lipinski definition) is 0. The van der Waals surface area contributed by atoms with Crippen LogP contribution in [0.2, 0.25) is 0 Å². The topological polar surface area (TPSA) is 77.1 Å². The lowest BCUT2D eigenvalue weighted by molar-refractivity contribution is -0.917. The summed E-state index contributed by atoms with van der Waals surface area (Å²) in [4.78, 5) is 9.81. The van der Waals surface area contributed by atoms with Crippen molar-refractivity contribution in [3.05, 3.63) is 0 Å². The van der Waals surface area contributed by atoms with Crippen LogP contribution in [0.15, 0.2) is 0 Å². The molecule has 0 aromatic carbocycles. The molecule has 0 saturated carbocycles. The standard InChI is InChI=1S/C8H18NO2.C6H12O4/c1-9(3-6-10-2)4-7-11-8-5-9;1-9-4-5-10-3-2-6(7)8/h3-8H2,1-2H3;2-5H2,1H3,(H,7,8)/q+1;/p-1. The molecular formula is C14H29NO6. The lowest BCUT2D eigenvalue weighted by atomic mass is 10.3. The second-order valence-electron chi connectivity index (χ2n) is 5.12. The summed E-state index contributed by atoms with van der Waals surface area (Å²) in [6, 6.07) is 0. The first kappa shape index (κ1) is 20.3. The van der Waals surface area contributed by atoms with Gasteiger partial charge in [0.1, 0.15) is 19.6 Å². The van der Waals surface area contributed by atoms with Crippen molar-refractivity contribution < 1.29 is 33.3 Å². The number of methoxy groups -OCH3 is 2. The van der Waals surface area contributed by atoms with Crippen LogP contribution in [0.3, 0.4) is 0 Å². The summed E-state index contributed by atoms with van der Waals surface area (Å²) in [5.74, 6) is -1.09. The number of quaternary nitrogens is 1. The van der Waals surface area contributed by atoms with Gasteiger partial charge >= 0.3 is 0 Å². The summed E-state index contributed by atoms with van der Waals surface area (Å²) in [6.07, 6.45) is -0.0519. The smallest absolute Gasteiger partial charge is 0.102 e. The summed E-state index contributed by atoms with van der Waals surface area (Å²) in [5.41, 5.74) is 0. The lowest BCUT2D eigenvalue weighted by Gasteiger charge is -2.37. The average Bonchev–Trinajstić information content (AvgIpc) is 2.46. The van der Waals surface area contributed by atoms with Gasteiger partial charge in [-0.15, -0.1) is 0 Å². The Morgan fingerprint density at radius 2 is 1.71 bits per heavy atom. The summed E-state index contributed by atoms with van der Waals surface area (Å²) >= 11 is 0. The Hall–Kier alpha value is -0.730. The number of carbonyl (C=O) groups excluding carboxylic acids is 1. The number of nitrogens with zero attached hydrogens (tertiary/aromatic N) is 1. The van der Waals surface area contributed by atoms with Gasteiger partial charge < -0.3 is 33.3 Å². The number of carboxylic acid groups (broad SMARTS) is 1. The van der Waals surface area contributed by atoms with E-state index in [1.165, 1.54) is 0 Å². The van der Waals surface area contributed by atoms with Crippen LogP contribution in [0.4, 0.5) is 0 Å². The molecule has 0 radical (unpaired) electrons. The van der Waals surface area contributed by atoms with Crippen LogP contribution in [0.1, 0.15) is 6.42 Å². The molecule has 1 aliphatic rings. The van der Waals surface area contributed by atoms with Gasteiger partial charge in [-0.25, -0.2) is 0 Å². The molecule has 1 saturated heterocycles. The number of carbonyl (C=O) groups is 1. The zero-order chi connectivity index (χ0) is 16.0. The van der Waals surface area contributed by atoms with Crippen LogP contribution in [0, 0.1) is 0 Å². The van der Waals surface area contributed by atoms with Crippen molar-refractivity contribution in [1.29, 1.82) is 0 Å². The minimum Gasteiger partial charge on any atom is -0.550 e. The minimum absolute atomic E-state index is 0.0519. The minimum atomic E-state index is -1.09. The fourth-order valence-electron chi connectivity index (χ4n) is 1.72. The third kappa shape index (κ3) is 12.7. The molecule has 21 heavy (non-hydrogen) atoms. The van der Waals surface area contributed by atoms with Gasteiger partial charge in [-0.2, -0.15) is 0 Å². The molecule has 0 bridgehead atoms. The molecule has 0 atom stereocenters. The van der Waals surface area contributed by atoms with Crippen molar-refractivity contribution in [3.8, 4) is 0 Å². The number of aliphatic carboxylic acids is 1. The normalized spacial score (nSPS) is 16.9. The van der Waals surface area contributed by atoms with E-state index >= 15 is 0 Å². The molecule has 1 fully saturated rings. The second kappa shape index (κ2) is 13.0. The van der Waals surface area contributed by atoms with Crippen molar-refractivity contribution in [2.24, 2.45) is 0 Å². The molecular weight excluding hydrogens is 278 g/mol. The van der Waals surface area contributed by atoms with Crippen molar-refractivity contribution >= 4 is 5.97 Å². The predicted molar refractivity (Wildman–Crippen MR) is 75.8 cm³/mol.